The lowest BCUT2D eigenvalue weighted by Crippen LogP contribution is -2.33. The molecule has 7 nitrogen and oxygen atoms in total. The van der Waals surface area contributed by atoms with Crippen molar-refractivity contribution in [2.24, 2.45) is 5.92 Å². The normalized spacial score (nSPS) is 13.7. The molecule has 2 unspecified atom stereocenters. The van der Waals surface area contributed by atoms with Gasteiger partial charge in [0.1, 0.15) is 0 Å². The van der Waals surface area contributed by atoms with Crippen molar-refractivity contribution in [2.75, 3.05) is 14.2 Å². The number of aliphatic hydroxyl groups excluding tert-OH is 1. The second kappa shape index (κ2) is 6.78. The van der Waals surface area contributed by atoms with Crippen LogP contribution >= 0.6 is 0 Å². The van der Waals surface area contributed by atoms with Gasteiger partial charge in [-0.2, -0.15) is 0 Å². The van der Waals surface area contributed by atoms with Crippen LogP contribution < -0.4 is 0 Å². The lowest BCUT2D eigenvalue weighted by atomic mass is 9.96. The van der Waals surface area contributed by atoms with Crippen LogP contribution in [0.4, 0.5) is 0 Å². The van der Waals surface area contributed by atoms with Crippen LogP contribution in [-0.4, -0.2) is 48.4 Å². The summed E-state index contributed by atoms with van der Waals surface area (Å²) in [4.78, 5) is 32.5. The Morgan fingerprint density at radius 1 is 1.12 bits per heavy atom. The second-order valence-electron chi connectivity index (χ2n) is 3.08. The summed E-state index contributed by atoms with van der Waals surface area (Å²) in [7, 11) is 2.20. The molecule has 0 amide bonds. The van der Waals surface area contributed by atoms with Crippen molar-refractivity contribution >= 4 is 17.9 Å². The molecule has 0 heterocycles. The van der Waals surface area contributed by atoms with Crippen LogP contribution in [0.2, 0.25) is 0 Å². The molecule has 0 bridgehead atoms. The Kier molecular flexibility index (Phi) is 6.09. The van der Waals surface area contributed by atoms with Crippen molar-refractivity contribution in [3.05, 3.63) is 0 Å². The molecule has 0 fully saturated rings. The molecule has 0 saturated heterocycles. The van der Waals surface area contributed by atoms with Crippen LogP contribution in [0.15, 0.2) is 0 Å². The molecule has 0 aromatic rings. The molecule has 0 aliphatic carbocycles. The van der Waals surface area contributed by atoms with Gasteiger partial charge in [0.25, 0.3) is 0 Å². The van der Waals surface area contributed by atoms with Crippen LogP contribution in [0.25, 0.3) is 0 Å². The molecule has 16 heavy (non-hydrogen) atoms. The van der Waals surface area contributed by atoms with Gasteiger partial charge in [0, 0.05) is 0 Å². The average molecular weight is 234 g/mol. The third-order valence-corrected chi connectivity index (χ3v) is 1.97. The van der Waals surface area contributed by atoms with Gasteiger partial charge in [-0.15, -0.1) is 0 Å². The number of hydrogen-bond donors (Lipinski definition) is 2. The Morgan fingerprint density at radius 3 is 2.06 bits per heavy atom. The molecule has 0 rings (SSSR count). The number of rotatable bonds is 6. The summed E-state index contributed by atoms with van der Waals surface area (Å²) in [6.07, 6.45) is -2.50. The maximum absolute atomic E-state index is 11.2. The number of methoxy groups -OCH3 is 2. The zero-order valence-corrected chi connectivity index (χ0v) is 9.00. The zero-order valence-electron chi connectivity index (χ0n) is 9.00. The number of carbonyl (C=O) groups is 3. The van der Waals surface area contributed by atoms with Gasteiger partial charge >= 0.3 is 17.9 Å². The number of aliphatic carboxylic acids is 1. The highest BCUT2D eigenvalue weighted by Crippen LogP contribution is 2.15. The van der Waals surface area contributed by atoms with E-state index < -0.39 is 42.8 Å². The van der Waals surface area contributed by atoms with Crippen LogP contribution in [0.1, 0.15) is 12.8 Å². The summed E-state index contributed by atoms with van der Waals surface area (Å²) in [5, 5.41) is 18.0. The molecule has 0 aromatic heterocycles. The van der Waals surface area contributed by atoms with Gasteiger partial charge in [-0.25, -0.2) is 0 Å². The Labute approximate surface area is 92.0 Å². The van der Waals surface area contributed by atoms with E-state index in [0.29, 0.717) is 0 Å². The van der Waals surface area contributed by atoms with Crippen LogP contribution in [0.3, 0.4) is 0 Å². The van der Waals surface area contributed by atoms with Crippen molar-refractivity contribution < 1.29 is 34.1 Å². The minimum Gasteiger partial charge on any atom is -0.481 e. The van der Waals surface area contributed by atoms with Gasteiger partial charge in [-0.05, 0) is 0 Å². The van der Waals surface area contributed by atoms with E-state index in [9.17, 15) is 19.5 Å². The molecule has 0 saturated carbocycles. The average Bonchev–Trinajstić information content (AvgIpc) is 2.24. The summed E-state index contributed by atoms with van der Waals surface area (Å²) in [6, 6.07) is 0. The summed E-state index contributed by atoms with van der Waals surface area (Å²) in [6.45, 7) is 0. The molecule has 2 atom stereocenters. The number of carbonyl (C=O) groups excluding carboxylic acids is 2. The first-order valence-corrected chi connectivity index (χ1v) is 4.46. The Balaban J connectivity index is 4.55. The molecular formula is C9H14O7. The maximum Gasteiger partial charge on any atom is 0.311 e. The van der Waals surface area contributed by atoms with Gasteiger partial charge in [0.15, 0.2) is 0 Å². The van der Waals surface area contributed by atoms with E-state index in [2.05, 4.69) is 9.47 Å². The lowest BCUT2D eigenvalue weighted by molar-refractivity contribution is -0.157. The highest BCUT2D eigenvalue weighted by molar-refractivity contribution is 5.80. The standard InChI is InChI=1S/C9H14O7/c1-15-8(13)4-6(10)5(3-7(11)12)9(14)16-2/h5-6,10H,3-4H2,1-2H3,(H,11,12). The SMILES string of the molecule is COC(=O)CC(O)C(CC(=O)O)C(=O)OC. The van der Waals surface area contributed by atoms with Gasteiger partial charge in [-0.1, -0.05) is 0 Å². The van der Waals surface area contributed by atoms with Gasteiger partial charge < -0.3 is 19.7 Å². The molecule has 0 aliphatic heterocycles. The van der Waals surface area contributed by atoms with E-state index in [1.54, 1.807) is 0 Å². The van der Waals surface area contributed by atoms with E-state index in [4.69, 9.17) is 5.11 Å². The molecule has 0 radical (unpaired) electrons. The fourth-order valence-electron chi connectivity index (χ4n) is 1.11. The number of hydrogen-bond acceptors (Lipinski definition) is 6. The monoisotopic (exact) mass is 234 g/mol. The number of ether oxygens (including phenoxy) is 2. The fraction of sp³-hybridized carbons (Fsp3) is 0.667. The highest BCUT2D eigenvalue weighted by Gasteiger charge is 2.31. The second-order valence-corrected chi connectivity index (χ2v) is 3.08. The summed E-state index contributed by atoms with van der Waals surface area (Å²) in [5.74, 6) is -4.15. The number of carboxylic acid groups (broad SMARTS) is 1. The van der Waals surface area contributed by atoms with Gasteiger partial charge in [-0.3, -0.25) is 14.4 Å². The molecule has 0 aliphatic rings. The first kappa shape index (κ1) is 14.4. The molecule has 0 aromatic carbocycles. The first-order valence-electron chi connectivity index (χ1n) is 4.46. The van der Waals surface area contributed by atoms with Crippen LogP contribution in [0.5, 0.6) is 0 Å². The first-order chi connectivity index (χ1) is 7.42. The number of aliphatic hydroxyl groups is 1. The predicted molar refractivity (Wildman–Crippen MR) is 50.4 cm³/mol. The largest absolute Gasteiger partial charge is 0.481 e. The van der Waals surface area contributed by atoms with Gasteiger partial charge in [0.05, 0.1) is 39.1 Å². The Hall–Kier alpha value is -1.63. The van der Waals surface area contributed by atoms with Crippen molar-refractivity contribution in [1.82, 2.24) is 0 Å². The summed E-state index contributed by atoms with van der Waals surface area (Å²) in [5.41, 5.74) is 0. The third-order valence-electron chi connectivity index (χ3n) is 1.97. The Bertz CT molecular complexity index is 273. The lowest BCUT2D eigenvalue weighted by Gasteiger charge is -2.17. The van der Waals surface area contributed by atoms with E-state index in [1.807, 2.05) is 0 Å². The molecular weight excluding hydrogens is 220 g/mol. The van der Waals surface area contributed by atoms with Gasteiger partial charge in [0.2, 0.25) is 0 Å². The summed E-state index contributed by atoms with van der Waals surface area (Å²) >= 11 is 0. The van der Waals surface area contributed by atoms with E-state index in [0.717, 1.165) is 14.2 Å². The van der Waals surface area contributed by atoms with Crippen LogP contribution in [0, 0.1) is 5.92 Å². The topological polar surface area (TPSA) is 110 Å². The molecule has 2 N–H and O–H groups in total. The number of esters is 2. The summed E-state index contributed by atoms with van der Waals surface area (Å²) < 4.78 is 8.63. The minimum absolute atomic E-state index is 0.455. The van der Waals surface area contributed by atoms with Crippen molar-refractivity contribution in [2.45, 2.75) is 18.9 Å². The molecule has 92 valence electrons. The quantitative estimate of drug-likeness (QED) is 0.577. The Morgan fingerprint density at radius 2 is 1.69 bits per heavy atom. The number of carboxylic acids is 1. The maximum atomic E-state index is 11.2. The third kappa shape index (κ3) is 4.74. The predicted octanol–water partition coefficient (Wildman–Crippen LogP) is -0.826. The smallest absolute Gasteiger partial charge is 0.311 e. The van der Waals surface area contributed by atoms with Crippen molar-refractivity contribution in [3.8, 4) is 0 Å². The van der Waals surface area contributed by atoms with E-state index in [-0.39, 0.29) is 0 Å². The highest BCUT2D eigenvalue weighted by atomic mass is 16.5. The van der Waals surface area contributed by atoms with Crippen LogP contribution in [-0.2, 0) is 23.9 Å². The minimum atomic E-state index is -1.43. The molecule has 0 spiro atoms. The van der Waals surface area contributed by atoms with Crippen molar-refractivity contribution in [3.63, 3.8) is 0 Å². The van der Waals surface area contributed by atoms with E-state index >= 15 is 0 Å². The molecule has 7 heteroatoms. The van der Waals surface area contributed by atoms with E-state index in [1.165, 1.54) is 0 Å². The fourth-order valence-corrected chi connectivity index (χ4v) is 1.11. The van der Waals surface area contributed by atoms with Crippen molar-refractivity contribution in [1.29, 1.82) is 0 Å². The zero-order chi connectivity index (χ0) is 12.7.